The maximum absolute atomic E-state index is 13.2. The van der Waals surface area contributed by atoms with Crippen molar-refractivity contribution in [2.24, 2.45) is 5.73 Å². The lowest BCUT2D eigenvalue weighted by molar-refractivity contribution is 0.505. The van der Waals surface area contributed by atoms with Crippen LogP contribution in [0.4, 0.5) is 8.78 Å². The third-order valence-corrected chi connectivity index (χ3v) is 3.88. The van der Waals surface area contributed by atoms with Crippen LogP contribution in [0.25, 0.3) is 0 Å². The third kappa shape index (κ3) is 3.60. The third-order valence-electron chi connectivity index (χ3n) is 3.39. The van der Waals surface area contributed by atoms with Gasteiger partial charge in [-0.05, 0) is 38.0 Å². The molecule has 1 aromatic carbocycles. The molecule has 6 heteroatoms. The molecule has 0 aliphatic carbocycles. The Hall–Kier alpha value is -1.46. The molecule has 0 bridgehead atoms. The fourth-order valence-corrected chi connectivity index (χ4v) is 2.57. The fourth-order valence-electron chi connectivity index (χ4n) is 2.35. The van der Waals surface area contributed by atoms with E-state index in [0.29, 0.717) is 30.0 Å². The minimum atomic E-state index is -0.854. The number of aromatic nitrogens is 2. The molecule has 0 aliphatic rings. The molecule has 1 atom stereocenters. The molecule has 0 amide bonds. The van der Waals surface area contributed by atoms with E-state index in [4.69, 9.17) is 17.3 Å². The highest BCUT2D eigenvalue weighted by Gasteiger charge is 2.16. The zero-order chi connectivity index (χ0) is 15.6. The van der Waals surface area contributed by atoms with Gasteiger partial charge in [0.1, 0.15) is 0 Å². The minimum Gasteiger partial charge on any atom is -0.327 e. The molecule has 1 aromatic heterocycles. The zero-order valence-corrected chi connectivity index (χ0v) is 12.8. The van der Waals surface area contributed by atoms with Crippen LogP contribution in [0.3, 0.4) is 0 Å². The van der Waals surface area contributed by atoms with Crippen molar-refractivity contribution in [1.29, 1.82) is 0 Å². The van der Waals surface area contributed by atoms with Crippen LogP contribution >= 0.6 is 11.6 Å². The van der Waals surface area contributed by atoms with Crippen molar-refractivity contribution in [3.8, 4) is 0 Å². The van der Waals surface area contributed by atoms with Crippen LogP contribution in [-0.4, -0.2) is 15.8 Å². The SMILES string of the molecule is CCn1nc(C)c(Cl)c1CC(N)Cc1ccc(F)c(F)c1. The second kappa shape index (κ2) is 6.54. The maximum Gasteiger partial charge on any atom is 0.159 e. The van der Waals surface area contributed by atoms with Gasteiger partial charge in [0.25, 0.3) is 0 Å². The van der Waals surface area contributed by atoms with Crippen LogP contribution in [0, 0.1) is 18.6 Å². The van der Waals surface area contributed by atoms with Gasteiger partial charge in [0.15, 0.2) is 11.6 Å². The zero-order valence-electron chi connectivity index (χ0n) is 12.0. The number of aryl methyl sites for hydroxylation is 2. The van der Waals surface area contributed by atoms with Crippen molar-refractivity contribution in [2.75, 3.05) is 0 Å². The standard InChI is InChI=1S/C15H18ClF2N3/c1-3-21-14(15(16)9(2)20-21)8-11(19)6-10-4-5-12(17)13(18)7-10/h4-5,7,11H,3,6,8,19H2,1-2H3. The van der Waals surface area contributed by atoms with Gasteiger partial charge >= 0.3 is 0 Å². The second-order valence-electron chi connectivity index (χ2n) is 5.08. The van der Waals surface area contributed by atoms with Crippen LogP contribution in [0.2, 0.25) is 5.02 Å². The topological polar surface area (TPSA) is 43.8 Å². The van der Waals surface area contributed by atoms with Crippen molar-refractivity contribution >= 4 is 11.6 Å². The molecule has 3 nitrogen and oxygen atoms in total. The molecule has 21 heavy (non-hydrogen) atoms. The van der Waals surface area contributed by atoms with E-state index in [0.717, 1.165) is 17.5 Å². The predicted molar refractivity (Wildman–Crippen MR) is 79.4 cm³/mol. The molecule has 0 fully saturated rings. The van der Waals surface area contributed by atoms with E-state index in [1.54, 1.807) is 6.07 Å². The van der Waals surface area contributed by atoms with Gasteiger partial charge < -0.3 is 5.73 Å². The molecular weight excluding hydrogens is 296 g/mol. The second-order valence-corrected chi connectivity index (χ2v) is 5.46. The van der Waals surface area contributed by atoms with Gasteiger partial charge in [0.2, 0.25) is 0 Å². The van der Waals surface area contributed by atoms with Crippen LogP contribution in [0.1, 0.15) is 23.9 Å². The van der Waals surface area contributed by atoms with E-state index in [2.05, 4.69) is 5.10 Å². The lowest BCUT2D eigenvalue weighted by atomic mass is 10.0. The number of benzene rings is 1. The summed E-state index contributed by atoms with van der Waals surface area (Å²) in [5.41, 5.74) is 8.43. The summed E-state index contributed by atoms with van der Waals surface area (Å²) in [6.45, 7) is 4.53. The average Bonchev–Trinajstić information content (AvgIpc) is 2.70. The van der Waals surface area contributed by atoms with Crippen LogP contribution in [0.5, 0.6) is 0 Å². The Morgan fingerprint density at radius 1 is 1.29 bits per heavy atom. The first-order valence-corrected chi connectivity index (χ1v) is 7.21. The van der Waals surface area contributed by atoms with Gasteiger partial charge in [-0.25, -0.2) is 8.78 Å². The van der Waals surface area contributed by atoms with Gasteiger partial charge in [-0.2, -0.15) is 5.10 Å². The molecule has 1 heterocycles. The maximum atomic E-state index is 13.2. The summed E-state index contributed by atoms with van der Waals surface area (Å²) in [4.78, 5) is 0. The summed E-state index contributed by atoms with van der Waals surface area (Å²) >= 11 is 6.24. The molecular formula is C15H18ClF2N3. The summed E-state index contributed by atoms with van der Waals surface area (Å²) in [5, 5.41) is 4.96. The first-order chi connectivity index (χ1) is 9.92. The smallest absolute Gasteiger partial charge is 0.159 e. The van der Waals surface area contributed by atoms with Crippen LogP contribution in [0.15, 0.2) is 18.2 Å². The Balaban J connectivity index is 2.11. The van der Waals surface area contributed by atoms with Crippen molar-refractivity contribution < 1.29 is 8.78 Å². The molecule has 114 valence electrons. The highest BCUT2D eigenvalue weighted by molar-refractivity contribution is 6.31. The van der Waals surface area contributed by atoms with Gasteiger partial charge in [0.05, 0.1) is 16.4 Å². The van der Waals surface area contributed by atoms with Crippen molar-refractivity contribution in [3.05, 3.63) is 51.8 Å². The lowest BCUT2D eigenvalue weighted by Gasteiger charge is -2.13. The van der Waals surface area contributed by atoms with E-state index in [1.165, 1.54) is 6.07 Å². The van der Waals surface area contributed by atoms with E-state index in [9.17, 15) is 8.78 Å². The molecule has 0 aliphatic heterocycles. The normalized spacial score (nSPS) is 12.7. The first kappa shape index (κ1) is 15.9. The van der Waals surface area contributed by atoms with E-state index in [-0.39, 0.29) is 6.04 Å². The first-order valence-electron chi connectivity index (χ1n) is 6.83. The Morgan fingerprint density at radius 2 is 2.00 bits per heavy atom. The molecule has 2 aromatic rings. The summed E-state index contributed by atoms with van der Waals surface area (Å²) < 4.78 is 27.9. The Kier molecular flexibility index (Phi) is 4.96. The summed E-state index contributed by atoms with van der Waals surface area (Å²) in [6, 6.07) is 3.60. The quantitative estimate of drug-likeness (QED) is 0.921. The van der Waals surface area contributed by atoms with E-state index < -0.39 is 11.6 Å². The molecule has 0 spiro atoms. The largest absolute Gasteiger partial charge is 0.327 e. The number of halogens is 3. The number of rotatable bonds is 5. The van der Waals surface area contributed by atoms with Crippen molar-refractivity contribution in [3.63, 3.8) is 0 Å². The number of hydrogen-bond donors (Lipinski definition) is 1. The van der Waals surface area contributed by atoms with Crippen molar-refractivity contribution in [2.45, 2.75) is 39.3 Å². The highest BCUT2D eigenvalue weighted by Crippen LogP contribution is 2.22. The number of nitrogens with zero attached hydrogens (tertiary/aromatic N) is 2. The van der Waals surface area contributed by atoms with Gasteiger partial charge in [-0.15, -0.1) is 0 Å². The summed E-state index contributed by atoms with van der Waals surface area (Å²) in [7, 11) is 0. The highest BCUT2D eigenvalue weighted by atomic mass is 35.5. The van der Waals surface area contributed by atoms with E-state index >= 15 is 0 Å². The number of nitrogens with two attached hydrogens (primary N) is 1. The van der Waals surface area contributed by atoms with E-state index in [1.807, 2.05) is 18.5 Å². The molecule has 0 saturated heterocycles. The van der Waals surface area contributed by atoms with Crippen LogP contribution < -0.4 is 5.73 Å². The molecule has 1 unspecified atom stereocenters. The summed E-state index contributed by atoms with van der Waals surface area (Å²) in [6.07, 6.45) is 0.980. The monoisotopic (exact) mass is 313 g/mol. The van der Waals surface area contributed by atoms with Gasteiger partial charge in [-0.3, -0.25) is 4.68 Å². The predicted octanol–water partition coefficient (Wildman–Crippen LogP) is 3.26. The average molecular weight is 314 g/mol. The Labute approximate surface area is 127 Å². The Morgan fingerprint density at radius 3 is 2.62 bits per heavy atom. The Bertz CT molecular complexity index is 640. The van der Waals surface area contributed by atoms with Gasteiger partial charge in [-0.1, -0.05) is 17.7 Å². The lowest BCUT2D eigenvalue weighted by Crippen LogP contribution is -2.27. The molecule has 2 N–H and O–H groups in total. The molecule has 0 saturated carbocycles. The van der Waals surface area contributed by atoms with Gasteiger partial charge in [0, 0.05) is 19.0 Å². The number of hydrogen-bond acceptors (Lipinski definition) is 2. The fraction of sp³-hybridized carbons (Fsp3) is 0.400. The molecule has 0 radical (unpaired) electrons. The molecule has 2 rings (SSSR count). The van der Waals surface area contributed by atoms with Crippen molar-refractivity contribution in [1.82, 2.24) is 9.78 Å². The van der Waals surface area contributed by atoms with Crippen LogP contribution in [-0.2, 0) is 19.4 Å². The minimum absolute atomic E-state index is 0.242. The summed E-state index contributed by atoms with van der Waals surface area (Å²) in [5.74, 6) is -1.71.